The highest BCUT2D eigenvalue weighted by Crippen LogP contribution is 2.26. The number of carboxylic acid groups (broad SMARTS) is 1. The van der Waals surface area contributed by atoms with Gasteiger partial charge in [0, 0.05) is 6.04 Å². The predicted molar refractivity (Wildman–Crippen MR) is 86.4 cm³/mol. The first-order valence-electron chi connectivity index (χ1n) is 7.68. The van der Waals surface area contributed by atoms with Crippen molar-refractivity contribution >= 4 is 29.5 Å². The summed E-state index contributed by atoms with van der Waals surface area (Å²) < 4.78 is 4.87. The molecular weight excluding hydrogens is 318 g/mol. The van der Waals surface area contributed by atoms with Crippen LogP contribution in [0, 0.1) is 5.92 Å². The number of thioether (sulfide) groups is 1. The van der Waals surface area contributed by atoms with Crippen molar-refractivity contribution in [1.29, 1.82) is 0 Å². The summed E-state index contributed by atoms with van der Waals surface area (Å²) in [6.07, 6.45) is 6.21. The Bertz CT molecular complexity index is 547. The molecule has 0 spiro atoms. The average molecular weight is 339 g/mol. The minimum absolute atomic E-state index is 0.204. The van der Waals surface area contributed by atoms with E-state index in [1.807, 2.05) is 0 Å². The van der Waals surface area contributed by atoms with E-state index in [0.29, 0.717) is 30.3 Å². The molecule has 1 aromatic rings. The third-order valence-electron chi connectivity index (χ3n) is 3.68. The molecule has 1 fully saturated rings. The highest BCUT2D eigenvalue weighted by atomic mass is 32.2. The molecule has 1 saturated carbocycles. The second-order valence-electron chi connectivity index (χ2n) is 5.37. The van der Waals surface area contributed by atoms with Crippen LogP contribution in [0.3, 0.4) is 0 Å². The van der Waals surface area contributed by atoms with Crippen molar-refractivity contribution in [3.8, 4) is 0 Å². The predicted octanol–water partition coefficient (Wildman–Crippen LogP) is 2.19. The fraction of sp³-hybridized carbons (Fsp3) is 0.600. The summed E-state index contributed by atoms with van der Waals surface area (Å²) >= 11 is 1.28. The first-order chi connectivity index (χ1) is 11.1. The van der Waals surface area contributed by atoms with Gasteiger partial charge in [0.2, 0.25) is 0 Å². The number of anilines is 1. The lowest BCUT2D eigenvalue weighted by Crippen LogP contribution is -2.29. The molecule has 0 unspecified atom stereocenters. The number of ether oxygens (including phenoxy) is 1. The fourth-order valence-corrected chi connectivity index (χ4v) is 3.16. The van der Waals surface area contributed by atoms with Crippen molar-refractivity contribution in [1.82, 2.24) is 9.97 Å². The van der Waals surface area contributed by atoms with Crippen LogP contribution in [0.5, 0.6) is 0 Å². The van der Waals surface area contributed by atoms with Gasteiger partial charge >= 0.3 is 11.9 Å². The number of carboxylic acids is 1. The minimum atomic E-state index is -0.708. The first-order valence-corrected chi connectivity index (χ1v) is 8.67. The largest absolute Gasteiger partial charge is 0.481 e. The smallest absolute Gasteiger partial charge is 0.316 e. The molecule has 0 bridgehead atoms. The Balaban J connectivity index is 1.83. The van der Waals surface area contributed by atoms with Gasteiger partial charge in [0.05, 0.1) is 30.7 Å². The molecule has 23 heavy (non-hydrogen) atoms. The monoisotopic (exact) mass is 339 g/mol. The Hall–Kier alpha value is -1.83. The SMILES string of the molecule is CCOC(=O)CSc1cncc(NC2CCC(C(=O)O)CC2)n1. The van der Waals surface area contributed by atoms with Crippen molar-refractivity contribution in [2.45, 2.75) is 43.7 Å². The number of carbonyl (C=O) groups is 2. The molecule has 0 atom stereocenters. The Labute approximate surface area is 139 Å². The van der Waals surface area contributed by atoms with E-state index < -0.39 is 5.97 Å². The van der Waals surface area contributed by atoms with Crippen LogP contribution in [-0.4, -0.2) is 45.4 Å². The van der Waals surface area contributed by atoms with E-state index in [2.05, 4.69) is 15.3 Å². The zero-order valence-corrected chi connectivity index (χ0v) is 13.8. The summed E-state index contributed by atoms with van der Waals surface area (Å²) in [5, 5.41) is 13.0. The van der Waals surface area contributed by atoms with E-state index >= 15 is 0 Å². The van der Waals surface area contributed by atoms with Gasteiger partial charge in [-0.2, -0.15) is 0 Å². The summed E-state index contributed by atoms with van der Waals surface area (Å²) in [7, 11) is 0. The number of rotatable bonds is 7. The minimum Gasteiger partial charge on any atom is -0.481 e. The number of nitrogens with one attached hydrogen (secondary N) is 1. The molecule has 1 aliphatic carbocycles. The molecule has 8 heteroatoms. The molecular formula is C15H21N3O4S. The molecule has 1 heterocycles. The Morgan fingerprint density at radius 2 is 2.09 bits per heavy atom. The van der Waals surface area contributed by atoms with Crippen molar-refractivity contribution < 1.29 is 19.4 Å². The summed E-state index contributed by atoms with van der Waals surface area (Å²) in [4.78, 5) is 30.8. The maximum absolute atomic E-state index is 11.3. The number of hydrogen-bond acceptors (Lipinski definition) is 7. The number of aliphatic carboxylic acids is 1. The number of hydrogen-bond donors (Lipinski definition) is 2. The molecule has 0 radical (unpaired) electrons. The number of nitrogens with zero attached hydrogens (tertiary/aromatic N) is 2. The quantitative estimate of drug-likeness (QED) is 0.576. The van der Waals surface area contributed by atoms with Crippen LogP contribution in [0.15, 0.2) is 17.4 Å². The second kappa shape index (κ2) is 8.71. The Morgan fingerprint density at radius 1 is 1.35 bits per heavy atom. The molecule has 0 amide bonds. The normalized spacial score (nSPS) is 20.7. The van der Waals surface area contributed by atoms with Crippen molar-refractivity contribution in [3.05, 3.63) is 12.4 Å². The molecule has 126 valence electrons. The first kappa shape index (κ1) is 17.5. The van der Waals surface area contributed by atoms with E-state index in [4.69, 9.17) is 9.84 Å². The van der Waals surface area contributed by atoms with Gasteiger partial charge in [-0.15, -0.1) is 0 Å². The maximum atomic E-state index is 11.3. The van der Waals surface area contributed by atoms with Crippen LogP contribution in [0.25, 0.3) is 0 Å². The van der Waals surface area contributed by atoms with E-state index in [1.54, 1.807) is 19.3 Å². The van der Waals surface area contributed by atoms with E-state index in [-0.39, 0.29) is 23.7 Å². The van der Waals surface area contributed by atoms with Crippen LogP contribution in [0.4, 0.5) is 5.82 Å². The van der Waals surface area contributed by atoms with Crippen molar-refractivity contribution in [2.75, 3.05) is 17.7 Å². The fourth-order valence-electron chi connectivity index (χ4n) is 2.52. The summed E-state index contributed by atoms with van der Waals surface area (Å²) in [6.45, 7) is 2.14. The van der Waals surface area contributed by atoms with Gasteiger partial charge < -0.3 is 15.2 Å². The maximum Gasteiger partial charge on any atom is 0.316 e. The molecule has 2 N–H and O–H groups in total. The molecule has 0 saturated heterocycles. The third kappa shape index (κ3) is 5.70. The van der Waals surface area contributed by atoms with Gasteiger partial charge in [-0.05, 0) is 32.6 Å². The lowest BCUT2D eigenvalue weighted by atomic mass is 9.86. The second-order valence-corrected chi connectivity index (χ2v) is 6.36. The Morgan fingerprint density at radius 3 is 2.74 bits per heavy atom. The zero-order chi connectivity index (χ0) is 16.7. The number of aromatic nitrogens is 2. The van der Waals surface area contributed by atoms with Crippen LogP contribution in [-0.2, 0) is 14.3 Å². The van der Waals surface area contributed by atoms with Gasteiger partial charge in [-0.3, -0.25) is 14.6 Å². The van der Waals surface area contributed by atoms with Gasteiger partial charge in [0.25, 0.3) is 0 Å². The van der Waals surface area contributed by atoms with Gasteiger partial charge in [0.1, 0.15) is 10.8 Å². The van der Waals surface area contributed by atoms with Crippen LogP contribution in [0.2, 0.25) is 0 Å². The molecule has 2 rings (SSSR count). The van der Waals surface area contributed by atoms with Crippen molar-refractivity contribution in [2.24, 2.45) is 5.92 Å². The van der Waals surface area contributed by atoms with Crippen LogP contribution >= 0.6 is 11.8 Å². The lowest BCUT2D eigenvalue weighted by molar-refractivity contribution is -0.143. The van der Waals surface area contributed by atoms with Gasteiger partial charge in [0.15, 0.2) is 0 Å². The lowest BCUT2D eigenvalue weighted by Gasteiger charge is -2.27. The molecule has 0 aliphatic heterocycles. The summed E-state index contributed by atoms with van der Waals surface area (Å²) in [5.74, 6) is -0.358. The zero-order valence-electron chi connectivity index (χ0n) is 13.0. The van der Waals surface area contributed by atoms with E-state index in [9.17, 15) is 9.59 Å². The Kier molecular flexibility index (Phi) is 6.64. The van der Waals surface area contributed by atoms with E-state index in [0.717, 1.165) is 12.8 Å². The molecule has 1 aromatic heterocycles. The summed E-state index contributed by atoms with van der Waals surface area (Å²) in [5.41, 5.74) is 0. The number of carbonyl (C=O) groups excluding carboxylic acids is 1. The van der Waals surface area contributed by atoms with Gasteiger partial charge in [-0.1, -0.05) is 11.8 Å². The standard InChI is InChI=1S/C15H21N3O4S/c1-2-22-14(19)9-23-13-8-16-7-12(18-13)17-11-5-3-10(4-6-11)15(20)21/h7-8,10-11H,2-6,9H2,1H3,(H,17,18)(H,20,21). The summed E-state index contributed by atoms with van der Waals surface area (Å²) in [6, 6.07) is 0.213. The number of esters is 1. The highest BCUT2D eigenvalue weighted by molar-refractivity contribution is 7.99. The van der Waals surface area contributed by atoms with E-state index in [1.165, 1.54) is 11.8 Å². The molecule has 1 aliphatic rings. The highest BCUT2D eigenvalue weighted by Gasteiger charge is 2.26. The molecule has 0 aromatic carbocycles. The van der Waals surface area contributed by atoms with Crippen LogP contribution < -0.4 is 5.32 Å². The average Bonchev–Trinajstić information content (AvgIpc) is 2.54. The van der Waals surface area contributed by atoms with Crippen LogP contribution in [0.1, 0.15) is 32.6 Å². The van der Waals surface area contributed by atoms with Gasteiger partial charge in [-0.25, -0.2) is 4.98 Å². The molecule has 7 nitrogen and oxygen atoms in total. The van der Waals surface area contributed by atoms with Crippen molar-refractivity contribution in [3.63, 3.8) is 0 Å². The topological polar surface area (TPSA) is 101 Å². The third-order valence-corrected chi connectivity index (χ3v) is 4.56.